The molecule has 0 aliphatic rings. The molecule has 6 nitrogen and oxygen atoms in total. The van der Waals surface area contributed by atoms with Crippen LogP contribution in [0.3, 0.4) is 0 Å². The highest BCUT2D eigenvalue weighted by Crippen LogP contribution is 2.25. The maximum atomic E-state index is 11.1. The summed E-state index contributed by atoms with van der Waals surface area (Å²) in [5, 5.41) is 3.19. The summed E-state index contributed by atoms with van der Waals surface area (Å²) in [6, 6.07) is 0.139. The first-order valence-electron chi connectivity index (χ1n) is 6.34. The second-order valence-electron chi connectivity index (χ2n) is 4.40. The van der Waals surface area contributed by atoms with Gasteiger partial charge in [0.2, 0.25) is 5.88 Å². The molecular formula is C12H22N4O2S. The summed E-state index contributed by atoms with van der Waals surface area (Å²) in [4.78, 5) is 8.12. The first-order chi connectivity index (χ1) is 9.04. The van der Waals surface area contributed by atoms with Gasteiger partial charge in [0.15, 0.2) is 5.82 Å². The summed E-state index contributed by atoms with van der Waals surface area (Å²) in [5.41, 5.74) is 6.37. The Bertz CT molecular complexity index is 428. The SMILES string of the molecule is CCCOc1ncnc(NC(C)CCS(C)=O)c1N. The number of nitrogens with one attached hydrogen (secondary N) is 1. The Hall–Kier alpha value is -1.37. The molecule has 0 radical (unpaired) electrons. The van der Waals surface area contributed by atoms with Gasteiger partial charge in [-0.15, -0.1) is 0 Å². The molecule has 108 valence electrons. The summed E-state index contributed by atoms with van der Waals surface area (Å²) < 4.78 is 16.5. The van der Waals surface area contributed by atoms with Gasteiger partial charge in [-0.2, -0.15) is 4.98 Å². The monoisotopic (exact) mass is 286 g/mol. The van der Waals surface area contributed by atoms with Crippen molar-refractivity contribution in [3.8, 4) is 5.88 Å². The summed E-state index contributed by atoms with van der Waals surface area (Å²) in [6.45, 7) is 4.59. The van der Waals surface area contributed by atoms with E-state index >= 15 is 0 Å². The molecule has 19 heavy (non-hydrogen) atoms. The lowest BCUT2D eigenvalue weighted by Crippen LogP contribution is -2.20. The summed E-state index contributed by atoms with van der Waals surface area (Å²) in [7, 11) is -0.787. The molecule has 0 saturated carbocycles. The molecule has 1 rings (SSSR count). The largest absolute Gasteiger partial charge is 0.476 e. The Kier molecular flexibility index (Phi) is 6.55. The normalized spacial score (nSPS) is 13.8. The van der Waals surface area contributed by atoms with Crippen LogP contribution in [0, 0.1) is 0 Å². The van der Waals surface area contributed by atoms with Crippen molar-refractivity contribution in [2.24, 2.45) is 0 Å². The molecule has 0 aliphatic heterocycles. The number of ether oxygens (including phenoxy) is 1. The highest BCUT2D eigenvalue weighted by Gasteiger charge is 2.11. The molecule has 2 unspecified atom stereocenters. The third-order valence-electron chi connectivity index (χ3n) is 2.51. The lowest BCUT2D eigenvalue weighted by atomic mass is 10.2. The highest BCUT2D eigenvalue weighted by atomic mass is 32.2. The minimum Gasteiger partial charge on any atom is -0.476 e. The van der Waals surface area contributed by atoms with Gasteiger partial charge >= 0.3 is 0 Å². The average Bonchev–Trinajstić information content (AvgIpc) is 2.37. The fourth-order valence-electron chi connectivity index (χ4n) is 1.46. The second-order valence-corrected chi connectivity index (χ2v) is 5.96. The van der Waals surface area contributed by atoms with Gasteiger partial charge in [0.05, 0.1) is 6.61 Å². The number of nitrogens with zero attached hydrogens (tertiary/aromatic N) is 2. The number of nitrogen functional groups attached to an aromatic ring is 1. The van der Waals surface area contributed by atoms with Gasteiger partial charge in [0.25, 0.3) is 0 Å². The van der Waals surface area contributed by atoms with E-state index in [2.05, 4.69) is 15.3 Å². The van der Waals surface area contributed by atoms with Gasteiger partial charge in [-0.25, -0.2) is 4.98 Å². The molecule has 0 aliphatic carbocycles. The lowest BCUT2D eigenvalue weighted by molar-refractivity contribution is 0.306. The Morgan fingerprint density at radius 2 is 2.26 bits per heavy atom. The number of aromatic nitrogens is 2. The second kappa shape index (κ2) is 7.93. The van der Waals surface area contributed by atoms with Crippen molar-refractivity contribution in [3.63, 3.8) is 0 Å². The van der Waals surface area contributed by atoms with Gasteiger partial charge in [0.1, 0.15) is 12.0 Å². The van der Waals surface area contributed by atoms with E-state index in [0.29, 0.717) is 29.7 Å². The van der Waals surface area contributed by atoms with Gasteiger partial charge in [-0.05, 0) is 19.8 Å². The predicted octanol–water partition coefficient (Wildman–Crippen LogP) is 1.42. The van der Waals surface area contributed by atoms with Crippen LogP contribution in [0.4, 0.5) is 11.5 Å². The van der Waals surface area contributed by atoms with Crippen molar-refractivity contribution in [2.45, 2.75) is 32.7 Å². The van der Waals surface area contributed by atoms with Gasteiger partial charge in [0, 0.05) is 28.9 Å². The molecule has 7 heteroatoms. The van der Waals surface area contributed by atoms with Crippen LogP contribution in [0.1, 0.15) is 26.7 Å². The molecule has 2 atom stereocenters. The summed E-state index contributed by atoms with van der Waals surface area (Å²) in [5.74, 6) is 1.62. The van der Waals surface area contributed by atoms with Crippen LogP contribution in [0.2, 0.25) is 0 Å². The molecule has 1 aromatic rings. The third-order valence-corrected chi connectivity index (χ3v) is 3.32. The van der Waals surface area contributed by atoms with Crippen LogP contribution in [-0.4, -0.2) is 38.8 Å². The number of hydrogen-bond acceptors (Lipinski definition) is 6. The molecule has 0 aromatic carbocycles. The van der Waals surface area contributed by atoms with Crippen molar-refractivity contribution in [1.29, 1.82) is 0 Å². The molecule has 0 spiro atoms. The number of hydrogen-bond donors (Lipinski definition) is 2. The maximum absolute atomic E-state index is 11.1. The smallest absolute Gasteiger partial charge is 0.242 e. The Morgan fingerprint density at radius 1 is 1.53 bits per heavy atom. The first-order valence-corrected chi connectivity index (χ1v) is 8.07. The molecule has 3 N–H and O–H groups in total. The molecule has 0 amide bonds. The molecular weight excluding hydrogens is 264 g/mol. The zero-order valence-corrected chi connectivity index (χ0v) is 12.5. The minimum absolute atomic E-state index is 0.139. The number of rotatable bonds is 8. The quantitative estimate of drug-likeness (QED) is 0.751. The fraction of sp³-hybridized carbons (Fsp3) is 0.667. The highest BCUT2D eigenvalue weighted by molar-refractivity contribution is 7.84. The number of anilines is 2. The van der Waals surface area contributed by atoms with E-state index in [-0.39, 0.29) is 6.04 Å². The zero-order chi connectivity index (χ0) is 14.3. The predicted molar refractivity (Wildman–Crippen MR) is 78.9 cm³/mol. The zero-order valence-electron chi connectivity index (χ0n) is 11.7. The van der Waals surface area contributed by atoms with Gasteiger partial charge < -0.3 is 15.8 Å². The van der Waals surface area contributed by atoms with E-state index in [0.717, 1.165) is 12.8 Å². The third kappa shape index (κ3) is 5.42. The first kappa shape index (κ1) is 15.7. The van der Waals surface area contributed by atoms with Crippen molar-refractivity contribution in [1.82, 2.24) is 9.97 Å². The maximum Gasteiger partial charge on any atom is 0.242 e. The number of nitrogens with two attached hydrogens (primary N) is 1. The molecule has 1 aromatic heterocycles. The van der Waals surface area contributed by atoms with E-state index in [1.807, 2.05) is 13.8 Å². The Balaban J connectivity index is 2.64. The van der Waals surface area contributed by atoms with E-state index < -0.39 is 10.8 Å². The van der Waals surface area contributed by atoms with Crippen LogP contribution in [0.25, 0.3) is 0 Å². The van der Waals surface area contributed by atoms with Gasteiger partial charge in [-0.1, -0.05) is 6.92 Å². The van der Waals surface area contributed by atoms with Crippen LogP contribution >= 0.6 is 0 Å². The van der Waals surface area contributed by atoms with Crippen molar-refractivity contribution < 1.29 is 8.95 Å². The van der Waals surface area contributed by atoms with Crippen LogP contribution < -0.4 is 15.8 Å². The van der Waals surface area contributed by atoms with Crippen LogP contribution in [0.5, 0.6) is 5.88 Å². The summed E-state index contributed by atoms with van der Waals surface area (Å²) in [6.07, 6.45) is 4.81. The van der Waals surface area contributed by atoms with E-state index in [9.17, 15) is 4.21 Å². The fourth-order valence-corrected chi connectivity index (χ4v) is 2.14. The van der Waals surface area contributed by atoms with Crippen molar-refractivity contribution in [3.05, 3.63) is 6.33 Å². The van der Waals surface area contributed by atoms with Crippen molar-refractivity contribution >= 4 is 22.3 Å². The average molecular weight is 286 g/mol. The van der Waals surface area contributed by atoms with Crippen LogP contribution in [-0.2, 0) is 10.8 Å². The van der Waals surface area contributed by atoms with Gasteiger partial charge in [-0.3, -0.25) is 4.21 Å². The molecule has 0 fully saturated rings. The van der Waals surface area contributed by atoms with E-state index in [1.165, 1.54) is 6.33 Å². The lowest BCUT2D eigenvalue weighted by Gasteiger charge is -2.16. The van der Waals surface area contributed by atoms with E-state index in [1.54, 1.807) is 6.26 Å². The Labute approximate surface area is 116 Å². The molecule has 1 heterocycles. The standard InChI is InChI=1S/C12H22N4O2S/c1-4-6-18-12-10(13)11(14-8-15-12)16-9(2)5-7-19(3)17/h8-9H,4-7,13H2,1-3H3,(H,14,15,16). The van der Waals surface area contributed by atoms with E-state index in [4.69, 9.17) is 10.5 Å². The molecule has 0 saturated heterocycles. The van der Waals surface area contributed by atoms with Crippen molar-refractivity contribution in [2.75, 3.05) is 29.7 Å². The Morgan fingerprint density at radius 3 is 2.89 bits per heavy atom. The minimum atomic E-state index is -0.787. The summed E-state index contributed by atoms with van der Waals surface area (Å²) >= 11 is 0. The van der Waals surface area contributed by atoms with Crippen LogP contribution in [0.15, 0.2) is 6.33 Å². The topological polar surface area (TPSA) is 90.1 Å². The molecule has 0 bridgehead atoms.